The Labute approximate surface area is 201 Å². The number of carbonyl (C=O) groups is 2. The average molecular weight is 509 g/mol. The number of anilines is 2. The molecule has 0 atom stereocenters. The van der Waals surface area contributed by atoms with E-state index in [9.17, 15) is 22.8 Å². The van der Waals surface area contributed by atoms with E-state index in [2.05, 4.69) is 5.32 Å². The van der Waals surface area contributed by atoms with Crippen LogP contribution in [0.1, 0.15) is 5.56 Å². The summed E-state index contributed by atoms with van der Waals surface area (Å²) in [5, 5.41) is 3.25. The van der Waals surface area contributed by atoms with Gasteiger partial charge >= 0.3 is 6.18 Å². The number of imide groups is 1. The molecule has 1 N–H and O–H groups in total. The first-order valence-corrected chi connectivity index (χ1v) is 11.0. The summed E-state index contributed by atoms with van der Waals surface area (Å²) in [5.41, 5.74) is -0.918. The van der Waals surface area contributed by atoms with Crippen molar-refractivity contribution in [2.45, 2.75) is 11.1 Å². The van der Waals surface area contributed by atoms with Crippen molar-refractivity contribution in [1.29, 1.82) is 0 Å². The van der Waals surface area contributed by atoms with Crippen molar-refractivity contribution >= 4 is 58.2 Å². The summed E-state index contributed by atoms with van der Waals surface area (Å²) >= 11 is 13.0. The van der Waals surface area contributed by atoms with E-state index >= 15 is 0 Å². The molecule has 0 fully saturated rings. The second-order valence-electron chi connectivity index (χ2n) is 6.86. The number of hydrogen-bond donors (Lipinski definition) is 1. The Morgan fingerprint density at radius 2 is 1.52 bits per heavy atom. The van der Waals surface area contributed by atoms with Crippen molar-refractivity contribution < 1.29 is 22.8 Å². The van der Waals surface area contributed by atoms with Crippen LogP contribution in [0.15, 0.2) is 88.3 Å². The molecule has 4 nitrogen and oxygen atoms in total. The fourth-order valence-corrected chi connectivity index (χ4v) is 4.33. The summed E-state index contributed by atoms with van der Waals surface area (Å²) in [4.78, 5) is 27.9. The predicted octanol–water partition coefficient (Wildman–Crippen LogP) is 7.00. The third-order valence-corrected chi connectivity index (χ3v) is 6.29. The van der Waals surface area contributed by atoms with Gasteiger partial charge in [0.1, 0.15) is 10.6 Å². The van der Waals surface area contributed by atoms with E-state index in [0.717, 1.165) is 23.9 Å². The van der Waals surface area contributed by atoms with Gasteiger partial charge in [-0.1, -0.05) is 53.2 Å². The molecule has 0 spiro atoms. The molecule has 0 bridgehead atoms. The SMILES string of the molecule is O=C1C(Nc2ccccc2)=C(Sc2ccc(Cl)cc2)C(=O)N1c1cc(C(F)(F)F)ccc1Cl. The maximum Gasteiger partial charge on any atom is 0.416 e. The number of alkyl halides is 3. The molecule has 0 saturated carbocycles. The molecule has 1 heterocycles. The minimum atomic E-state index is -4.68. The van der Waals surface area contributed by atoms with E-state index in [0.29, 0.717) is 26.6 Å². The topological polar surface area (TPSA) is 49.4 Å². The van der Waals surface area contributed by atoms with Crippen molar-refractivity contribution in [3.05, 3.63) is 99.0 Å². The van der Waals surface area contributed by atoms with Gasteiger partial charge in [-0.25, -0.2) is 4.90 Å². The number of carbonyl (C=O) groups excluding carboxylic acids is 2. The van der Waals surface area contributed by atoms with Gasteiger partial charge in [-0.15, -0.1) is 0 Å². The van der Waals surface area contributed by atoms with Crippen LogP contribution in [0.4, 0.5) is 24.5 Å². The minimum absolute atomic E-state index is 0.0136. The number of benzene rings is 3. The molecule has 1 aliphatic rings. The van der Waals surface area contributed by atoms with E-state index in [4.69, 9.17) is 23.2 Å². The van der Waals surface area contributed by atoms with Crippen molar-refractivity contribution in [2.75, 3.05) is 10.2 Å². The van der Waals surface area contributed by atoms with Gasteiger partial charge < -0.3 is 5.32 Å². The molecule has 0 aromatic heterocycles. The van der Waals surface area contributed by atoms with Crippen LogP contribution >= 0.6 is 35.0 Å². The highest BCUT2D eigenvalue weighted by atomic mass is 35.5. The molecule has 0 radical (unpaired) electrons. The maximum absolute atomic E-state index is 13.3. The first kappa shape index (κ1) is 23.2. The van der Waals surface area contributed by atoms with Gasteiger partial charge in [-0.3, -0.25) is 9.59 Å². The molecular weight excluding hydrogens is 496 g/mol. The summed E-state index contributed by atoms with van der Waals surface area (Å²) in [6, 6.07) is 17.7. The van der Waals surface area contributed by atoms with Gasteiger partial charge in [-0.05, 0) is 54.6 Å². The quantitative estimate of drug-likeness (QED) is 0.377. The van der Waals surface area contributed by atoms with Gasteiger partial charge in [0.25, 0.3) is 11.8 Å². The normalized spacial score (nSPS) is 14.3. The highest BCUT2D eigenvalue weighted by Crippen LogP contribution is 2.42. The second-order valence-corrected chi connectivity index (χ2v) is 8.79. The van der Waals surface area contributed by atoms with Crippen LogP contribution in [0.5, 0.6) is 0 Å². The van der Waals surface area contributed by atoms with Crippen molar-refractivity contribution in [3.63, 3.8) is 0 Å². The van der Waals surface area contributed by atoms with Crippen molar-refractivity contribution in [1.82, 2.24) is 0 Å². The van der Waals surface area contributed by atoms with E-state index in [1.54, 1.807) is 54.6 Å². The fraction of sp³-hybridized carbons (Fsp3) is 0.0435. The van der Waals surface area contributed by atoms with Crippen LogP contribution in [-0.4, -0.2) is 11.8 Å². The van der Waals surface area contributed by atoms with Crippen LogP contribution in [-0.2, 0) is 15.8 Å². The minimum Gasteiger partial charge on any atom is -0.350 e. The molecular formula is C23H13Cl2F3N2O2S. The molecule has 0 unspecified atom stereocenters. The zero-order valence-corrected chi connectivity index (χ0v) is 18.8. The molecule has 0 aliphatic carbocycles. The number of para-hydroxylation sites is 1. The van der Waals surface area contributed by atoms with Gasteiger partial charge in [-0.2, -0.15) is 13.2 Å². The zero-order chi connectivity index (χ0) is 23.8. The van der Waals surface area contributed by atoms with E-state index < -0.39 is 23.6 Å². The highest BCUT2D eigenvalue weighted by Gasteiger charge is 2.42. The van der Waals surface area contributed by atoms with Crippen LogP contribution in [0.25, 0.3) is 0 Å². The van der Waals surface area contributed by atoms with Crippen LogP contribution in [0, 0.1) is 0 Å². The summed E-state index contributed by atoms with van der Waals surface area (Å²) in [6.45, 7) is 0. The van der Waals surface area contributed by atoms with Crippen LogP contribution in [0.3, 0.4) is 0 Å². The lowest BCUT2D eigenvalue weighted by Gasteiger charge is -2.18. The monoisotopic (exact) mass is 508 g/mol. The molecule has 10 heteroatoms. The Hall–Kier alpha value is -2.94. The number of nitrogens with one attached hydrogen (secondary N) is 1. The number of amides is 2. The Bertz CT molecular complexity index is 1260. The first-order chi connectivity index (χ1) is 15.6. The van der Waals surface area contributed by atoms with Crippen LogP contribution in [0.2, 0.25) is 10.0 Å². The highest BCUT2D eigenvalue weighted by molar-refractivity contribution is 8.04. The Morgan fingerprint density at radius 1 is 0.848 bits per heavy atom. The largest absolute Gasteiger partial charge is 0.416 e. The van der Waals surface area contributed by atoms with Gasteiger partial charge in [0.15, 0.2) is 0 Å². The van der Waals surface area contributed by atoms with Gasteiger partial charge in [0.05, 0.1) is 16.3 Å². The number of halogens is 5. The molecule has 168 valence electrons. The van der Waals surface area contributed by atoms with E-state index in [-0.39, 0.29) is 21.3 Å². The molecule has 3 aromatic rings. The van der Waals surface area contributed by atoms with Crippen molar-refractivity contribution in [2.24, 2.45) is 0 Å². The lowest BCUT2D eigenvalue weighted by atomic mass is 10.2. The number of thioether (sulfide) groups is 1. The third-order valence-electron chi connectivity index (χ3n) is 4.63. The molecule has 1 aliphatic heterocycles. The fourth-order valence-electron chi connectivity index (χ4n) is 3.08. The first-order valence-electron chi connectivity index (χ1n) is 9.40. The number of rotatable bonds is 5. The van der Waals surface area contributed by atoms with Gasteiger partial charge in [0, 0.05) is 15.6 Å². The summed E-state index contributed by atoms with van der Waals surface area (Å²) < 4.78 is 39.8. The standard InChI is InChI=1S/C23H13Cl2F3N2O2S/c24-14-7-9-16(10-8-14)33-20-19(29-15-4-2-1-3-5-15)21(31)30(22(20)32)18-12-13(23(26,27)28)6-11-17(18)25/h1-12,29H. The molecule has 3 aromatic carbocycles. The molecule has 33 heavy (non-hydrogen) atoms. The Balaban J connectivity index is 1.78. The maximum atomic E-state index is 13.3. The zero-order valence-electron chi connectivity index (χ0n) is 16.5. The van der Waals surface area contributed by atoms with Gasteiger partial charge in [0.2, 0.25) is 0 Å². The number of hydrogen-bond acceptors (Lipinski definition) is 4. The second kappa shape index (κ2) is 9.13. The average Bonchev–Trinajstić information content (AvgIpc) is 2.99. The van der Waals surface area contributed by atoms with Crippen LogP contribution < -0.4 is 10.2 Å². The molecule has 0 saturated heterocycles. The van der Waals surface area contributed by atoms with E-state index in [1.807, 2.05) is 0 Å². The lowest BCUT2D eigenvalue weighted by Crippen LogP contribution is -2.33. The Morgan fingerprint density at radius 3 is 2.15 bits per heavy atom. The Kier molecular flexibility index (Phi) is 6.43. The lowest BCUT2D eigenvalue weighted by molar-refractivity contribution is -0.137. The van der Waals surface area contributed by atoms with E-state index in [1.165, 1.54) is 0 Å². The smallest absolute Gasteiger partial charge is 0.350 e. The van der Waals surface area contributed by atoms with Crippen molar-refractivity contribution in [3.8, 4) is 0 Å². The third kappa shape index (κ3) is 4.88. The molecule has 2 amide bonds. The summed E-state index contributed by atoms with van der Waals surface area (Å²) in [5.74, 6) is -1.61. The summed E-state index contributed by atoms with van der Waals surface area (Å²) in [7, 11) is 0. The predicted molar refractivity (Wildman–Crippen MR) is 123 cm³/mol. The number of nitrogens with zero attached hydrogens (tertiary/aromatic N) is 1. The molecule has 4 rings (SSSR count). The summed E-state index contributed by atoms with van der Waals surface area (Å²) in [6.07, 6.45) is -4.68.